The van der Waals surface area contributed by atoms with Crippen LogP contribution in [0.4, 0.5) is 0 Å². The zero-order valence-electron chi connectivity index (χ0n) is 18.2. The highest BCUT2D eigenvalue weighted by atomic mass is 16.5. The summed E-state index contributed by atoms with van der Waals surface area (Å²) in [5, 5.41) is 3.05. The highest BCUT2D eigenvalue weighted by molar-refractivity contribution is 5.95. The minimum atomic E-state index is -0.472. The van der Waals surface area contributed by atoms with E-state index in [1.54, 1.807) is 17.7 Å². The Bertz CT molecular complexity index is 1130. The van der Waals surface area contributed by atoms with Gasteiger partial charge in [-0.2, -0.15) is 0 Å². The summed E-state index contributed by atoms with van der Waals surface area (Å²) in [6, 6.07) is 11.1. The Morgan fingerprint density at radius 3 is 2.71 bits per heavy atom. The summed E-state index contributed by atoms with van der Waals surface area (Å²) in [6.45, 7) is 4.89. The van der Waals surface area contributed by atoms with Crippen molar-refractivity contribution in [3.05, 3.63) is 87.4 Å². The lowest BCUT2D eigenvalue weighted by molar-refractivity contribution is 0.0919. The van der Waals surface area contributed by atoms with E-state index >= 15 is 0 Å². The topological polar surface area (TPSA) is 78.2 Å². The number of nitrogens with zero attached hydrogens (tertiary/aromatic N) is 3. The second-order valence-corrected chi connectivity index (χ2v) is 8.11. The van der Waals surface area contributed by atoms with E-state index in [1.165, 1.54) is 0 Å². The van der Waals surface area contributed by atoms with Gasteiger partial charge in [-0.15, -0.1) is 0 Å². The summed E-state index contributed by atoms with van der Waals surface area (Å²) in [7, 11) is 1.89. The molecule has 0 spiro atoms. The molecular formula is C24H28N4O3. The van der Waals surface area contributed by atoms with Crippen molar-refractivity contribution in [2.24, 2.45) is 7.05 Å². The number of hydrogen-bond acceptors (Lipinski definition) is 4. The molecule has 3 aromatic rings. The van der Waals surface area contributed by atoms with Gasteiger partial charge in [-0.3, -0.25) is 9.59 Å². The molecule has 1 amide bonds. The van der Waals surface area contributed by atoms with Crippen molar-refractivity contribution in [1.29, 1.82) is 0 Å². The number of nitrogens with one attached hydrogen (secondary N) is 1. The Morgan fingerprint density at radius 2 is 2.06 bits per heavy atom. The van der Waals surface area contributed by atoms with Crippen molar-refractivity contribution in [2.75, 3.05) is 6.61 Å². The van der Waals surface area contributed by atoms with Crippen LogP contribution in [0, 0.1) is 13.8 Å². The van der Waals surface area contributed by atoms with E-state index in [0.717, 1.165) is 30.7 Å². The summed E-state index contributed by atoms with van der Waals surface area (Å²) < 4.78 is 9.24. The fraction of sp³-hybridized carbons (Fsp3) is 0.375. The summed E-state index contributed by atoms with van der Waals surface area (Å²) in [6.07, 6.45) is 5.47. The number of benzene rings is 1. The molecule has 4 rings (SSSR count). The van der Waals surface area contributed by atoms with Crippen LogP contribution in [0.3, 0.4) is 0 Å². The van der Waals surface area contributed by atoms with Crippen LogP contribution in [0.15, 0.2) is 53.6 Å². The summed E-state index contributed by atoms with van der Waals surface area (Å²) in [4.78, 5) is 31.2. The maximum Gasteiger partial charge on any atom is 0.263 e. The molecule has 1 aliphatic rings. The molecule has 2 atom stereocenters. The predicted octanol–water partition coefficient (Wildman–Crippen LogP) is 2.90. The van der Waals surface area contributed by atoms with Crippen molar-refractivity contribution in [3.63, 3.8) is 0 Å². The quantitative estimate of drug-likeness (QED) is 0.665. The first kappa shape index (κ1) is 21.1. The Hall–Kier alpha value is -3.19. The first-order valence-corrected chi connectivity index (χ1v) is 10.6. The van der Waals surface area contributed by atoms with E-state index < -0.39 is 11.9 Å². The molecule has 0 aliphatic carbocycles. The van der Waals surface area contributed by atoms with Gasteiger partial charge in [0.2, 0.25) is 0 Å². The molecule has 0 radical (unpaired) electrons. The van der Waals surface area contributed by atoms with Crippen LogP contribution in [0.25, 0.3) is 0 Å². The molecule has 1 N–H and O–H groups in total. The van der Waals surface area contributed by atoms with Gasteiger partial charge in [-0.25, -0.2) is 4.98 Å². The van der Waals surface area contributed by atoms with Crippen molar-refractivity contribution < 1.29 is 9.53 Å². The van der Waals surface area contributed by atoms with Gasteiger partial charge in [0.15, 0.2) is 0 Å². The molecule has 7 nitrogen and oxygen atoms in total. The third-order valence-electron chi connectivity index (χ3n) is 5.87. The molecule has 2 aromatic heterocycles. The van der Waals surface area contributed by atoms with Crippen LogP contribution in [0.1, 0.15) is 51.9 Å². The van der Waals surface area contributed by atoms with Crippen molar-refractivity contribution in [1.82, 2.24) is 19.4 Å². The average molecular weight is 421 g/mol. The Morgan fingerprint density at radius 1 is 1.29 bits per heavy atom. The maximum atomic E-state index is 13.4. The van der Waals surface area contributed by atoms with Gasteiger partial charge in [0.25, 0.3) is 11.5 Å². The van der Waals surface area contributed by atoms with Gasteiger partial charge in [0.1, 0.15) is 17.4 Å². The lowest BCUT2D eigenvalue weighted by atomic mass is 10.0. The van der Waals surface area contributed by atoms with E-state index in [1.807, 2.05) is 61.1 Å². The Labute approximate surface area is 181 Å². The van der Waals surface area contributed by atoms with Crippen LogP contribution in [0.5, 0.6) is 0 Å². The smallest absolute Gasteiger partial charge is 0.263 e. The number of amides is 1. The molecule has 1 saturated heterocycles. The standard InChI is InChI=1S/C24H28N4O3/c1-16-14-17(2)28(15-19-10-7-13-31-19)24(30)20(16)23(29)26-21(18-8-5-4-6-9-18)22-25-11-12-27(22)3/h4-6,8-9,11-12,14,19,21H,7,10,13,15H2,1-3H3,(H,26,29)/t19-,21-/m0/s1. The van der Waals surface area contributed by atoms with Crippen molar-refractivity contribution in [3.8, 4) is 0 Å². The number of rotatable bonds is 6. The Kier molecular flexibility index (Phi) is 6.04. The molecular weight excluding hydrogens is 392 g/mol. The lowest BCUT2D eigenvalue weighted by Gasteiger charge is -2.21. The molecule has 0 saturated carbocycles. The minimum Gasteiger partial charge on any atom is -0.376 e. The number of carbonyl (C=O) groups excluding carboxylic acids is 1. The summed E-state index contributed by atoms with van der Waals surface area (Å²) in [5.41, 5.74) is 2.28. The normalized spacial score (nSPS) is 16.9. The summed E-state index contributed by atoms with van der Waals surface area (Å²) in [5.74, 6) is 0.296. The molecule has 3 heterocycles. The van der Waals surface area contributed by atoms with Crippen LogP contribution in [0.2, 0.25) is 0 Å². The maximum absolute atomic E-state index is 13.4. The molecule has 31 heavy (non-hydrogen) atoms. The number of imidazole rings is 1. The van der Waals surface area contributed by atoms with E-state index in [0.29, 0.717) is 17.9 Å². The SMILES string of the molecule is Cc1cc(C)n(C[C@@H]2CCCO2)c(=O)c1C(=O)N[C@@H](c1ccccc1)c1nccn1C. The zero-order chi connectivity index (χ0) is 22.0. The average Bonchev–Trinajstić information content (AvgIpc) is 3.41. The van der Waals surface area contributed by atoms with Gasteiger partial charge in [0, 0.05) is 31.7 Å². The number of aryl methyl sites for hydroxylation is 3. The largest absolute Gasteiger partial charge is 0.376 e. The monoisotopic (exact) mass is 420 g/mol. The van der Waals surface area contributed by atoms with E-state index in [2.05, 4.69) is 10.3 Å². The predicted molar refractivity (Wildman–Crippen MR) is 118 cm³/mol. The van der Waals surface area contributed by atoms with E-state index in [4.69, 9.17) is 4.74 Å². The van der Waals surface area contributed by atoms with Crippen LogP contribution >= 0.6 is 0 Å². The van der Waals surface area contributed by atoms with Gasteiger partial charge in [-0.05, 0) is 43.9 Å². The molecule has 0 bridgehead atoms. The van der Waals surface area contributed by atoms with Gasteiger partial charge in [-0.1, -0.05) is 30.3 Å². The van der Waals surface area contributed by atoms with Crippen molar-refractivity contribution >= 4 is 5.91 Å². The molecule has 1 aromatic carbocycles. The number of carbonyl (C=O) groups is 1. The fourth-order valence-electron chi connectivity index (χ4n) is 4.22. The minimum absolute atomic E-state index is 0.0136. The van der Waals surface area contributed by atoms with E-state index in [-0.39, 0.29) is 17.2 Å². The lowest BCUT2D eigenvalue weighted by Crippen LogP contribution is -2.39. The molecule has 7 heteroatoms. The van der Waals surface area contributed by atoms with Crippen LogP contribution in [-0.2, 0) is 18.3 Å². The number of hydrogen-bond donors (Lipinski definition) is 1. The molecule has 0 unspecified atom stereocenters. The summed E-state index contributed by atoms with van der Waals surface area (Å²) >= 11 is 0. The first-order chi connectivity index (χ1) is 15.0. The molecule has 1 aliphatic heterocycles. The number of pyridine rings is 1. The second-order valence-electron chi connectivity index (χ2n) is 8.11. The van der Waals surface area contributed by atoms with Crippen molar-refractivity contribution in [2.45, 2.75) is 45.4 Å². The fourth-order valence-corrected chi connectivity index (χ4v) is 4.22. The second kappa shape index (κ2) is 8.89. The molecule has 1 fully saturated rings. The number of aromatic nitrogens is 3. The molecule has 162 valence electrons. The number of ether oxygens (including phenoxy) is 1. The zero-order valence-corrected chi connectivity index (χ0v) is 18.2. The van der Waals surface area contributed by atoms with Gasteiger partial charge >= 0.3 is 0 Å². The first-order valence-electron chi connectivity index (χ1n) is 10.6. The Balaban J connectivity index is 1.69. The highest BCUT2D eigenvalue weighted by Gasteiger charge is 2.26. The van der Waals surface area contributed by atoms with Gasteiger partial charge in [0.05, 0.1) is 12.6 Å². The van der Waals surface area contributed by atoms with Crippen LogP contribution in [-0.4, -0.2) is 32.7 Å². The van der Waals surface area contributed by atoms with E-state index in [9.17, 15) is 9.59 Å². The van der Waals surface area contributed by atoms with Gasteiger partial charge < -0.3 is 19.2 Å². The van der Waals surface area contributed by atoms with Crippen LogP contribution < -0.4 is 10.9 Å². The third-order valence-corrected chi connectivity index (χ3v) is 5.87. The highest BCUT2D eigenvalue weighted by Crippen LogP contribution is 2.21. The third kappa shape index (κ3) is 4.32.